The summed E-state index contributed by atoms with van der Waals surface area (Å²) in [7, 11) is 2.25. The molecule has 0 aliphatic carbocycles. The molecule has 4 rings (SSSR count). The molecule has 5 heteroatoms. The van der Waals surface area contributed by atoms with Gasteiger partial charge in [0.2, 0.25) is 0 Å². The van der Waals surface area contributed by atoms with E-state index in [1.165, 1.54) is 56.0 Å². The van der Waals surface area contributed by atoms with Crippen LogP contribution in [0.1, 0.15) is 50.0 Å². The van der Waals surface area contributed by atoms with Crippen molar-refractivity contribution in [3.8, 4) is 0 Å². The summed E-state index contributed by atoms with van der Waals surface area (Å²) < 4.78 is 2.49. The molecule has 0 spiro atoms. The second kappa shape index (κ2) is 6.20. The third-order valence-corrected chi connectivity index (χ3v) is 6.15. The quantitative estimate of drug-likeness (QED) is 0.847. The Bertz CT molecular complexity index is 647. The minimum atomic E-state index is 0.456. The SMILES string of the molecule is CN1CCCCC1c1nc2cccnc2n1C1CCSCC1. The molecule has 2 aromatic heterocycles. The van der Waals surface area contributed by atoms with Gasteiger partial charge in [-0.1, -0.05) is 6.42 Å². The molecule has 2 fully saturated rings. The summed E-state index contributed by atoms with van der Waals surface area (Å²) in [5.41, 5.74) is 2.16. The zero-order valence-corrected chi connectivity index (χ0v) is 14.1. The molecule has 118 valence electrons. The van der Waals surface area contributed by atoms with Crippen LogP contribution in [-0.2, 0) is 0 Å². The van der Waals surface area contributed by atoms with Gasteiger partial charge in [0.25, 0.3) is 0 Å². The number of piperidine rings is 1. The molecule has 1 atom stereocenters. The number of hydrogen-bond acceptors (Lipinski definition) is 4. The lowest BCUT2D eigenvalue weighted by Crippen LogP contribution is -2.32. The number of thioether (sulfide) groups is 1. The fourth-order valence-electron chi connectivity index (χ4n) is 3.89. The van der Waals surface area contributed by atoms with Gasteiger partial charge in [0, 0.05) is 12.2 Å². The Kier molecular flexibility index (Phi) is 4.09. The summed E-state index contributed by atoms with van der Waals surface area (Å²) in [6, 6.07) is 5.15. The summed E-state index contributed by atoms with van der Waals surface area (Å²) in [6.45, 7) is 1.18. The van der Waals surface area contributed by atoms with Crippen molar-refractivity contribution >= 4 is 22.9 Å². The number of nitrogens with zero attached hydrogens (tertiary/aromatic N) is 4. The van der Waals surface area contributed by atoms with Crippen LogP contribution in [0.2, 0.25) is 0 Å². The van der Waals surface area contributed by atoms with E-state index in [-0.39, 0.29) is 0 Å². The minimum Gasteiger partial charge on any atom is -0.308 e. The Balaban J connectivity index is 1.81. The van der Waals surface area contributed by atoms with Crippen molar-refractivity contribution in [1.82, 2.24) is 19.4 Å². The van der Waals surface area contributed by atoms with Gasteiger partial charge in [0.1, 0.15) is 11.3 Å². The second-order valence-corrected chi connectivity index (χ2v) is 7.75. The summed E-state index contributed by atoms with van der Waals surface area (Å²) in [5.74, 6) is 3.78. The topological polar surface area (TPSA) is 34.0 Å². The van der Waals surface area contributed by atoms with Gasteiger partial charge in [-0.3, -0.25) is 4.90 Å². The highest BCUT2D eigenvalue weighted by atomic mass is 32.2. The number of imidazole rings is 1. The normalized spacial score (nSPS) is 24.9. The van der Waals surface area contributed by atoms with Crippen LogP contribution in [0.4, 0.5) is 0 Å². The first kappa shape index (κ1) is 14.5. The smallest absolute Gasteiger partial charge is 0.160 e. The molecule has 1 unspecified atom stereocenters. The Labute approximate surface area is 136 Å². The van der Waals surface area contributed by atoms with Crippen LogP contribution in [0.15, 0.2) is 18.3 Å². The van der Waals surface area contributed by atoms with Crippen LogP contribution in [0.5, 0.6) is 0 Å². The minimum absolute atomic E-state index is 0.456. The number of aromatic nitrogens is 3. The van der Waals surface area contributed by atoms with Gasteiger partial charge in [-0.2, -0.15) is 11.8 Å². The molecule has 22 heavy (non-hydrogen) atoms. The molecule has 0 bridgehead atoms. The highest BCUT2D eigenvalue weighted by Crippen LogP contribution is 2.36. The van der Waals surface area contributed by atoms with Crippen LogP contribution >= 0.6 is 11.8 Å². The summed E-state index contributed by atoms with van der Waals surface area (Å²) >= 11 is 2.08. The van der Waals surface area contributed by atoms with E-state index < -0.39 is 0 Å². The lowest BCUT2D eigenvalue weighted by molar-refractivity contribution is 0.173. The van der Waals surface area contributed by atoms with Crippen molar-refractivity contribution in [2.75, 3.05) is 25.1 Å². The van der Waals surface area contributed by atoms with Crippen molar-refractivity contribution in [3.05, 3.63) is 24.2 Å². The number of likely N-dealkylation sites (tertiary alicyclic amines) is 1. The van der Waals surface area contributed by atoms with Crippen LogP contribution in [0.25, 0.3) is 11.2 Å². The first-order chi connectivity index (χ1) is 10.8. The maximum Gasteiger partial charge on any atom is 0.160 e. The molecular formula is C17H24N4S. The lowest BCUT2D eigenvalue weighted by Gasteiger charge is -2.34. The number of pyridine rings is 1. The van der Waals surface area contributed by atoms with E-state index in [1.54, 1.807) is 0 Å². The van der Waals surface area contributed by atoms with Gasteiger partial charge in [0.05, 0.1) is 6.04 Å². The van der Waals surface area contributed by atoms with Crippen molar-refractivity contribution < 1.29 is 0 Å². The maximum absolute atomic E-state index is 5.01. The molecule has 4 heterocycles. The van der Waals surface area contributed by atoms with Gasteiger partial charge in [-0.15, -0.1) is 0 Å². The van der Waals surface area contributed by atoms with Crippen molar-refractivity contribution in [2.45, 2.75) is 44.2 Å². The highest BCUT2D eigenvalue weighted by molar-refractivity contribution is 7.99. The fraction of sp³-hybridized carbons (Fsp3) is 0.647. The standard InChI is InChI=1S/C17H24N4S/c1-20-10-3-2-6-15(20)17-19-14-5-4-9-18-16(14)21(17)13-7-11-22-12-8-13/h4-5,9,13,15H,2-3,6-8,10-12H2,1H3. The van der Waals surface area contributed by atoms with E-state index in [0.717, 1.165) is 11.2 Å². The molecular weight excluding hydrogens is 292 g/mol. The van der Waals surface area contributed by atoms with Crippen LogP contribution in [0.3, 0.4) is 0 Å². The predicted octanol–water partition coefficient (Wildman–Crippen LogP) is 3.66. The first-order valence-corrected chi connectivity index (χ1v) is 9.61. The summed E-state index contributed by atoms with van der Waals surface area (Å²) in [4.78, 5) is 12.2. The molecule has 2 saturated heterocycles. The van der Waals surface area contributed by atoms with E-state index in [9.17, 15) is 0 Å². The molecule has 0 aromatic carbocycles. The van der Waals surface area contributed by atoms with Crippen LogP contribution in [0, 0.1) is 0 Å². The van der Waals surface area contributed by atoms with E-state index in [1.807, 2.05) is 12.3 Å². The average molecular weight is 316 g/mol. The predicted molar refractivity (Wildman–Crippen MR) is 92.3 cm³/mol. The third kappa shape index (κ3) is 2.54. The van der Waals surface area contributed by atoms with E-state index in [0.29, 0.717) is 12.1 Å². The van der Waals surface area contributed by atoms with Crippen molar-refractivity contribution in [2.24, 2.45) is 0 Å². The van der Waals surface area contributed by atoms with Gasteiger partial charge < -0.3 is 4.57 Å². The Morgan fingerprint density at radius 1 is 1.18 bits per heavy atom. The van der Waals surface area contributed by atoms with Gasteiger partial charge in [-0.05, 0) is 62.9 Å². The van der Waals surface area contributed by atoms with E-state index >= 15 is 0 Å². The Hall–Kier alpha value is -1.07. The monoisotopic (exact) mass is 316 g/mol. The van der Waals surface area contributed by atoms with Gasteiger partial charge in [-0.25, -0.2) is 9.97 Å². The van der Waals surface area contributed by atoms with Crippen molar-refractivity contribution in [3.63, 3.8) is 0 Å². The Morgan fingerprint density at radius 3 is 2.86 bits per heavy atom. The number of fused-ring (bicyclic) bond motifs is 1. The molecule has 2 aliphatic rings. The van der Waals surface area contributed by atoms with E-state index in [4.69, 9.17) is 4.98 Å². The number of rotatable bonds is 2. The second-order valence-electron chi connectivity index (χ2n) is 6.52. The average Bonchev–Trinajstić information content (AvgIpc) is 2.95. The largest absolute Gasteiger partial charge is 0.308 e. The molecule has 2 aliphatic heterocycles. The van der Waals surface area contributed by atoms with Crippen LogP contribution < -0.4 is 0 Å². The molecule has 0 radical (unpaired) electrons. The van der Waals surface area contributed by atoms with E-state index in [2.05, 4.69) is 39.3 Å². The molecule has 0 amide bonds. The zero-order valence-electron chi connectivity index (χ0n) is 13.2. The fourth-order valence-corrected chi connectivity index (χ4v) is 4.97. The molecule has 4 nitrogen and oxygen atoms in total. The zero-order chi connectivity index (χ0) is 14.9. The summed E-state index contributed by atoms with van der Waals surface area (Å²) in [6.07, 6.45) is 8.25. The maximum atomic E-state index is 5.01. The molecule has 0 N–H and O–H groups in total. The van der Waals surface area contributed by atoms with Gasteiger partial charge in [0.15, 0.2) is 5.65 Å². The van der Waals surface area contributed by atoms with Gasteiger partial charge >= 0.3 is 0 Å². The van der Waals surface area contributed by atoms with Crippen molar-refractivity contribution in [1.29, 1.82) is 0 Å². The summed E-state index contributed by atoms with van der Waals surface area (Å²) in [5, 5.41) is 0. The molecule has 0 saturated carbocycles. The first-order valence-electron chi connectivity index (χ1n) is 8.45. The Morgan fingerprint density at radius 2 is 2.05 bits per heavy atom. The number of hydrogen-bond donors (Lipinski definition) is 0. The lowest BCUT2D eigenvalue weighted by atomic mass is 10.0. The third-order valence-electron chi connectivity index (χ3n) is 5.10. The molecule has 2 aromatic rings. The highest BCUT2D eigenvalue weighted by Gasteiger charge is 2.30. The van der Waals surface area contributed by atoms with Crippen LogP contribution in [-0.4, -0.2) is 44.5 Å².